The number of carbonyl (C=O) groups excluding carboxylic acids is 1. The van der Waals surface area contributed by atoms with Crippen molar-refractivity contribution in [3.8, 4) is 0 Å². The van der Waals surface area contributed by atoms with Gasteiger partial charge in [0.25, 0.3) is 0 Å². The zero-order valence-electron chi connectivity index (χ0n) is 11.5. The SMILES string of the molecule is CC(=O)c1ccnc(N(C)C2CCC(C)CC2)c1. The maximum atomic E-state index is 11.4. The number of hydrogen-bond acceptors (Lipinski definition) is 3. The summed E-state index contributed by atoms with van der Waals surface area (Å²) in [7, 11) is 2.09. The summed E-state index contributed by atoms with van der Waals surface area (Å²) in [6, 6.07) is 4.25. The van der Waals surface area contributed by atoms with Crippen molar-refractivity contribution in [3.05, 3.63) is 23.9 Å². The van der Waals surface area contributed by atoms with E-state index in [9.17, 15) is 4.79 Å². The molecule has 1 heterocycles. The monoisotopic (exact) mass is 246 g/mol. The van der Waals surface area contributed by atoms with Gasteiger partial charge in [0.2, 0.25) is 0 Å². The Hall–Kier alpha value is -1.38. The maximum Gasteiger partial charge on any atom is 0.159 e. The fraction of sp³-hybridized carbons (Fsp3) is 0.600. The molecule has 3 nitrogen and oxygen atoms in total. The van der Waals surface area contributed by atoms with Crippen LogP contribution in [0, 0.1) is 5.92 Å². The normalized spacial score (nSPS) is 23.7. The van der Waals surface area contributed by atoms with Crippen molar-refractivity contribution in [2.24, 2.45) is 5.92 Å². The molecular formula is C15H22N2O. The second-order valence-corrected chi connectivity index (χ2v) is 5.48. The summed E-state index contributed by atoms with van der Waals surface area (Å²) >= 11 is 0. The van der Waals surface area contributed by atoms with Crippen LogP contribution in [0.15, 0.2) is 18.3 Å². The smallest absolute Gasteiger partial charge is 0.159 e. The van der Waals surface area contributed by atoms with Crippen molar-refractivity contribution in [1.29, 1.82) is 0 Å². The summed E-state index contributed by atoms with van der Waals surface area (Å²) in [5.74, 6) is 1.87. The lowest BCUT2D eigenvalue weighted by molar-refractivity contribution is 0.101. The number of pyridine rings is 1. The van der Waals surface area contributed by atoms with E-state index in [1.807, 2.05) is 6.07 Å². The van der Waals surface area contributed by atoms with Crippen molar-refractivity contribution in [1.82, 2.24) is 4.98 Å². The number of Topliss-reactive ketones (excluding diaryl/α,β-unsaturated/α-hetero) is 1. The van der Waals surface area contributed by atoms with Gasteiger partial charge in [-0.15, -0.1) is 0 Å². The first-order valence-corrected chi connectivity index (χ1v) is 6.77. The van der Waals surface area contributed by atoms with Crippen LogP contribution in [-0.2, 0) is 0 Å². The third-order valence-corrected chi connectivity index (χ3v) is 4.05. The van der Waals surface area contributed by atoms with Crippen LogP contribution in [0.25, 0.3) is 0 Å². The summed E-state index contributed by atoms with van der Waals surface area (Å²) < 4.78 is 0. The predicted molar refractivity (Wildman–Crippen MR) is 74.1 cm³/mol. The lowest BCUT2D eigenvalue weighted by atomic mass is 9.87. The molecule has 0 saturated heterocycles. The van der Waals surface area contributed by atoms with Gasteiger partial charge < -0.3 is 4.90 Å². The Balaban J connectivity index is 2.10. The molecule has 0 N–H and O–H groups in total. The molecule has 18 heavy (non-hydrogen) atoms. The zero-order valence-corrected chi connectivity index (χ0v) is 11.5. The van der Waals surface area contributed by atoms with E-state index in [1.165, 1.54) is 25.7 Å². The Kier molecular flexibility index (Phi) is 4.00. The van der Waals surface area contributed by atoms with Crippen LogP contribution in [0.1, 0.15) is 49.9 Å². The van der Waals surface area contributed by atoms with Crippen LogP contribution in [0.4, 0.5) is 5.82 Å². The van der Waals surface area contributed by atoms with Crippen LogP contribution in [0.2, 0.25) is 0 Å². The minimum Gasteiger partial charge on any atom is -0.357 e. The molecule has 98 valence electrons. The zero-order chi connectivity index (χ0) is 13.1. The quantitative estimate of drug-likeness (QED) is 0.767. The molecule has 0 atom stereocenters. The molecule has 0 spiro atoms. The van der Waals surface area contributed by atoms with E-state index in [4.69, 9.17) is 0 Å². The van der Waals surface area contributed by atoms with E-state index in [0.29, 0.717) is 6.04 Å². The van der Waals surface area contributed by atoms with Gasteiger partial charge in [0.1, 0.15) is 5.82 Å². The molecule has 0 aliphatic heterocycles. The van der Waals surface area contributed by atoms with E-state index in [1.54, 1.807) is 19.2 Å². The Bertz CT molecular complexity index is 422. The van der Waals surface area contributed by atoms with Crippen LogP contribution in [0.3, 0.4) is 0 Å². The Morgan fingerprint density at radius 1 is 1.33 bits per heavy atom. The van der Waals surface area contributed by atoms with Gasteiger partial charge in [0.15, 0.2) is 5.78 Å². The molecule has 1 saturated carbocycles. The molecule has 0 amide bonds. The van der Waals surface area contributed by atoms with Crippen LogP contribution < -0.4 is 4.90 Å². The number of nitrogens with zero attached hydrogens (tertiary/aromatic N) is 2. The highest BCUT2D eigenvalue weighted by atomic mass is 16.1. The summed E-state index contributed by atoms with van der Waals surface area (Å²) in [5.41, 5.74) is 0.746. The predicted octanol–water partition coefficient (Wildman–Crippen LogP) is 3.30. The molecule has 3 heteroatoms. The van der Waals surface area contributed by atoms with Gasteiger partial charge in [-0.25, -0.2) is 4.98 Å². The van der Waals surface area contributed by atoms with Crippen LogP contribution in [0.5, 0.6) is 0 Å². The minimum absolute atomic E-state index is 0.101. The summed E-state index contributed by atoms with van der Waals surface area (Å²) in [4.78, 5) is 18.0. The van der Waals surface area contributed by atoms with E-state index in [0.717, 1.165) is 17.3 Å². The Morgan fingerprint density at radius 2 is 2.00 bits per heavy atom. The number of carbonyl (C=O) groups is 1. The van der Waals surface area contributed by atoms with Crippen molar-refractivity contribution in [2.75, 3.05) is 11.9 Å². The number of ketones is 1. The molecule has 1 aliphatic rings. The fourth-order valence-corrected chi connectivity index (χ4v) is 2.65. The van der Waals surface area contributed by atoms with Crippen molar-refractivity contribution >= 4 is 11.6 Å². The molecule has 0 bridgehead atoms. The third-order valence-electron chi connectivity index (χ3n) is 4.05. The van der Waals surface area contributed by atoms with E-state index < -0.39 is 0 Å². The van der Waals surface area contributed by atoms with Gasteiger partial charge in [-0.2, -0.15) is 0 Å². The van der Waals surface area contributed by atoms with E-state index in [-0.39, 0.29) is 5.78 Å². The van der Waals surface area contributed by atoms with Crippen LogP contribution >= 0.6 is 0 Å². The highest BCUT2D eigenvalue weighted by Gasteiger charge is 2.22. The molecule has 1 aliphatic carbocycles. The average molecular weight is 246 g/mol. The van der Waals surface area contributed by atoms with Gasteiger partial charge in [0, 0.05) is 24.8 Å². The summed E-state index contributed by atoms with van der Waals surface area (Å²) in [6.45, 7) is 3.92. The topological polar surface area (TPSA) is 33.2 Å². The first-order chi connectivity index (χ1) is 8.58. The molecule has 1 aromatic heterocycles. The molecule has 0 aromatic carbocycles. The molecule has 1 aromatic rings. The second-order valence-electron chi connectivity index (χ2n) is 5.48. The highest BCUT2D eigenvalue weighted by Crippen LogP contribution is 2.28. The molecule has 2 rings (SSSR count). The van der Waals surface area contributed by atoms with E-state index in [2.05, 4.69) is 23.9 Å². The maximum absolute atomic E-state index is 11.4. The summed E-state index contributed by atoms with van der Waals surface area (Å²) in [6.07, 6.45) is 6.77. The second kappa shape index (κ2) is 5.51. The van der Waals surface area contributed by atoms with Gasteiger partial charge in [-0.3, -0.25) is 4.79 Å². The van der Waals surface area contributed by atoms with Crippen LogP contribution in [-0.4, -0.2) is 23.9 Å². The number of hydrogen-bond donors (Lipinski definition) is 0. The first kappa shape index (κ1) is 13.1. The van der Waals surface area contributed by atoms with Crippen molar-refractivity contribution in [3.63, 3.8) is 0 Å². The number of aromatic nitrogens is 1. The van der Waals surface area contributed by atoms with Gasteiger partial charge in [-0.1, -0.05) is 6.92 Å². The number of anilines is 1. The minimum atomic E-state index is 0.101. The Morgan fingerprint density at radius 3 is 2.61 bits per heavy atom. The van der Waals surface area contributed by atoms with Gasteiger partial charge in [-0.05, 0) is 50.7 Å². The number of rotatable bonds is 3. The molecule has 0 radical (unpaired) electrons. The van der Waals surface area contributed by atoms with Gasteiger partial charge in [0.05, 0.1) is 0 Å². The lowest BCUT2D eigenvalue weighted by Crippen LogP contribution is -2.35. The lowest BCUT2D eigenvalue weighted by Gasteiger charge is -2.34. The van der Waals surface area contributed by atoms with E-state index >= 15 is 0 Å². The largest absolute Gasteiger partial charge is 0.357 e. The standard InChI is InChI=1S/C15H22N2O/c1-11-4-6-14(7-5-11)17(3)15-10-13(12(2)18)8-9-16-15/h8-11,14H,4-7H2,1-3H3. The Labute approximate surface area is 109 Å². The molecule has 1 fully saturated rings. The molecular weight excluding hydrogens is 224 g/mol. The summed E-state index contributed by atoms with van der Waals surface area (Å²) in [5, 5.41) is 0. The first-order valence-electron chi connectivity index (χ1n) is 6.77. The molecule has 0 unspecified atom stereocenters. The average Bonchev–Trinajstić information content (AvgIpc) is 2.39. The highest BCUT2D eigenvalue weighted by molar-refractivity contribution is 5.94. The van der Waals surface area contributed by atoms with Crippen molar-refractivity contribution in [2.45, 2.75) is 45.6 Å². The third kappa shape index (κ3) is 2.89. The van der Waals surface area contributed by atoms with Crippen molar-refractivity contribution < 1.29 is 4.79 Å². The van der Waals surface area contributed by atoms with Gasteiger partial charge >= 0.3 is 0 Å². The fourth-order valence-electron chi connectivity index (χ4n) is 2.65.